The van der Waals surface area contributed by atoms with Crippen molar-refractivity contribution in [2.24, 2.45) is 0 Å². The van der Waals surface area contributed by atoms with Crippen LogP contribution in [0.5, 0.6) is 0 Å². The van der Waals surface area contributed by atoms with Gasteiger partial charge in [0.05, 0.1) is 16.7 Å². The van der Waals surface area contributed by atoms with Crippen LogP contribution in [0.3, 0.4) is 0 Å². The molecule has 1 aromatic rings. The highest BCUT2D eigenvalue weighted by atomic mass is 16.5. The predicted molar refractivity (Wildman–Crippen MR) is 60.8 cm³/mol. The molecular formula is C12H10O6. The van der Waals surface area contributed by atoms with Crippen LogP contribution in [-0.2, 0) is 4.74 Å². The van der Waals surface area contributed by atoms with Gasteiger partial charge in [0, 0.05) is 0 Å². The maximum absolute atomic E-state index is 11.6. The SMILES string of the molecule is C=CCOC(=O)c1cc(C(=O)O)ccc1C(=O)O. The molecule has 1 rings (SSSR count). The minimum absolute atomic E-state index is 0.0881. The van der Waals surface area contributed by atoms with Crippen LogP contribution in [0.15, 0.2) is 30.9 Å². The molecule has 0 aromatic heterocycles. The largest absolute Gasteiger partial charge is 0.478 e. The third kappa shape index (κ3) is 2.94. The molecule has 0 atom stereocenters. The molecule has 0 aliphatic heterocycles. The van der Waals surface area contributed by atoms with Crippen molar-refractivity contribution in [2.45, 2.75) is 0 Å². The first-order valence-corrected chi connectivity index (χ1v) is 4.86. The zero-order chi connectivity index (χ0) is 13.7. The van der Waals surface area contributed by atoms with E-state index in [4.69, 9.17) is 10.2 Å². The van der Waals surface area contributed by atoms with Crippen molar-refractivity contribution < 1.29 is 29.3 Å². The van der Waals surface area contributed by atoms with E-state index in [0.717, 1.165) is 18.2 Å². The number of rotatable bonds is 5. The summed E-state index contributed by atoms with van der Waals surface area (Å²) in [5.74, 6) is -3.50. The third-order valence-corrected chi connectivity index (χ3v) is 2.05. The molecule has 6 heteroatoms. The molecule has 2 N–H and O–H groups in total. The van der Waals surface area contributed by atoms with E-state index in [0.29, 0.717) is 0 Å². The van der Waals surface area contributed by atoms with Gasteiger partial charge >= 0.3 is 17.9 Å². The summed E-state index contributed by atoms with van der Waals surface area (Å²) in [5, 5.41) is 17.7. The molecule has 0 fully saturated rings. The monoisotopic (exact) mass is 250 g/mol. The van der Waals surface area contributed by atoms with Crippen LogP contribution in [0.1, 0.15) is 31.1 Å². The summed E-state index contributed by atoms with van der Waals surface area (Å²) in [4.78, 5) is 33.2. The molecule has 0 saturated carbocycles. The first kappa shape index (κ1) is 13.4. The third-order valence-electron chi connectivity index (χ3n) is 2.05. The molecule has 0 aliphatic carbocycles. The van der Waals surface area contributed by atoms with Gasteiger partial charge in [-0.1, -0.05) is 12.7 Å². The number of hydrogen-bond acceptors (Lipinski definition) is 4. The Morgan fingerprint density at radius 2 is 1.83 bits per heavy atom. The molecule has 0 saturated heterocycles. The lowest BCUT2D eigenvalue weighted by Crippen LogP contribution is -2.13. The highest BCUT2D eigenvalue weighted by Gasteiger charge is 2.19. The lowest BCUT2D eigenvalue weighted by atomic mass is 10.0. The normalized spacial score (nSPS) is 9.56. The second-order valence-electron chi connectivity index (χ2n) is 3.26. The molecule has 0 spiro atoms. The number of ether oxygens (including phenoxy) is 1. The number of hydrogen-bond donors (Lipinski definition) is 2. The first-order valence-electron chi connectivity index (χ1n) is 4.86. The smallest absolute Gasteiger partial charge is 0.339 e. The zero-order valence-electron chi connectivity index (χ0n) is 9.25. The fourth-order valence-electron chi connectivity index (χ4n) is 1.25. The molecule has 0 radical (unpaired) electrons. The van der Waals surface area contributed by atoms with Crippen LogP contribution in [0.2, 0.25) is 0 Å². The summed E-state index contributed by atoms with van der Waals surface area (Å²) in [6.07, 6.45) is 1.32. The Morgan fingerprint density at radius 3 is 2.33 bits per heavy atom. The molecule has 0 heterocycles. The van der Waals surface area contributed by atoms with E-state index in [1.807, 2.05) is 0 Å². The number of carboxylic acids is 2. The predicted octanol–water partition coefficient (Wildman–Crippen LogP) is 1.43. The van der Waals surface area contributed by atoms with Gasteiger partial charge in [0.1, 0.15) is 6.61 Å². The second kappa shape index (κ2) is 5.62. The second-order valence-corrected chi connectivity index (χ2v) is 3.26. The minimum atomic E-state index is -1.34. The number of aromatic carboxylic acids is 2. The Labute approximate surface area is 102 Å². The summed E-state index contributed by atoms with van der Waals surface area (Å²) in [7, 11) is 0. The van der Waals surface area contributed by atoms with E-state index < -0.39 is 17.9 Å². The summed E-state index contributed by atoms with van der Waals surface area (Å²) >= 11 is 0. The van der Waals surface area contributed by atoms with Gasteiger partial charge in [-0.2, -0.15) is 0 Å². The van der Waals surface area contributed by atoms with E-state index in [1.165, 1.54) is 6.08 Å². The minimum Gasteiger partial charge on any atom is -0.478 e. The van der Waals surface area contributed by atoms with Crippen molar-refractivity contribution in [1.82, 2.24) is 0 Å². The Kier molecular flexibility index (Phi) is 4.20. The van der Waals surface area contributed by atoms with Gasteiger partial charge in [-0.05, 0) is 18.2 Å². The average Bonchev–Trinajstić information content (AvgIpc) is 2.34. The summed E-state index contributed by atoms with van der Waals surface area (Å²) in [6.45, 7) is 3.25. The van der Waals surface area contributed by atoms with Crippen molar-refractivity contribution in [3.8, 4) is 0 Å². The molecule has 94 valence electrons. The van der Waals surface area contributed by atoms with Crippen molar-refractivity contribution in [2.75, 3.05) is 6.61 Å². The van der Waals surface area contributed by atoms with Gasteiger partial charge in [0.2, 0.25) is 0 Å². The number of carbonyl (C=O) groups is 3. The van der Waals surface area contributed by atoms with Gasteiger partial charge in [-0.25, -0.2) is 14.4 Å². The topological polar surface area (TPSA) is 101 Å². The van der Waals surface area contributed by atoms with Crippen LogP contribution in [0, 0.1) is 0 Å². The summed E-state index contributed by atoms with van der Waals surface area (Å²) in [5.41, 5.74) is -0.802. The number of carbonyl (C=O) groups excluding carboxylic acids is 1. The van der Waals surface area contributed by atoms with Crippen LogP contribution < -0.4 is 0 Å². The Balaban J connectivity index is 3.22. The fourth-order valence-corrected chi connectivity index (χ4v) is 1.25. The van der Waals surface area contributed by atoms with Crippen LogP contribution in [-0.4, -0.2) is 34.7 Å². The highest BCUT2D eigenvalue weighted by Crippen LogP contribution is 2.14. The molecule has 0 bridgehead atoms. The van der Waals surface area contributed by atoms with E-state index in [-0.39, 0.29) is 23.3 Å². The zero-order valence-corrected chi connectivity index (χ0v) is 9.25. The molecular weight excluding hydrogens is 240 g/mol. The first-order chi connectivity index (χ1) is 8.47. The molecule has 18 heavy (non-hydrogen) atoms. The fraction of sp³-hybridized carbons (Fsp3) is 0.0833. The molecule has 1 aromatic carbocycles. The Bertz CT molecular complexity index is 517. The van der Waals surface area contributed by atoms with Crippen molar-refractivity contribution >= 4 is 17.9 Å². The quantitative estimate of drug-likeness (QED) is 0.605. The highest BCUT2D eigenvalue weighted by molar-refractivity contribution is 6.04. The van der Waals surface area contributed by atoms with Gasteiger partial charge in [-0.15, -0.1) is 0 Å². The van der Waals surface area contributed by atoms with E-state index in [1.54, 1.807) is 0 Å². The molecule has 0 aliphatic rings. The van der Waals surface area contributed by atoms with Gasteiger partial charge < -0.3 is 14.9 Å². The maximum Gasteiger partial charge on any atom is 0.339 e. The van der Waals surface area contributed by atoms with E-state index in [9.17, 15) is 14.4 Å². The van der Waals surface area contributed by atoms with Crippen LogP contribution in [0.25, 0.3) is 0 Å². The van der Waals surface area contributed by atoms with Gasteiger partial charge in [-0.3, -0.25) is 0 Å². The van der Waals surface area contributed by atoms with Crippen molar-refractivity contribution in [1.29, 1.82) is 0 Å². The van der Waals surface area contributed by atoms with Gasteiger partial charge in [0.25, 0.3) is 0 Å². The number of benzene rings is 1. The summed E-state index contributed by atoms with van der Waals surface area (Å²) < 4.78 is 4.69. The summed E-state index contributed by atoms with van der Waals surface area (Å²) in [6, 6.07) is 3.13. The standard InChI is InChI=1S/C12H10O6/c1-2-5-18-12(17)9-6-7(10(13)14)3-4-8(9)11(15)16/h2-4,6H,1,5H2,(H,13,14)(H,15,16). The number of esters is 1. The lowest BCUT2D eigenvalue weighted by Gasteiger charge is -2.06. The molecule has 6 nitrogen and oxygen atoms in total. The maximum atomic E-state index is 11.6. The molecule has 0 unspecified atom stereocenters. The van der Waals surface area contributed by atoms with Crippen LogP contribution in [0.4, 0.5) is 0 Å². The Hall–Kier alpha value is -2.63. The van der Waals surface area contributed by atoms with Crippen molar-refractivity contribution in [3.63, 3.8) is 0 Å². The van der Waals surface area contributed by atoms with Crippen LogP contribution >= 0.6 is 0 Å². The average molecular weight is 250 g/mol. The van der Waals surface area contributed by atoms with E-state index in [2.05, 4.69) is 11.3 Å². The van der Waals surface area contributed by atoms with Crippen molar-refractivity contribution in [3.05, 3.63) is 47.5 Å². The van der Waals surface area contributed by atoms with E-state index >= 15 is 0 Å². The lowest BCUT2D eigenvalue weighted by molar-refractivity contribution is 0.0536. The Morgan fingerprint density at radius 1 is 1.17 bits per heavy atom. The number of carboxylic acid groups (broad SMARTS) is 2. The van der Waals surface area contributed by atoms with Gasteiger partial charge in [0.15, 0.2) is 0 Å². The molecule has 0 amide bonds.